The van der Waals surface area contributed by atoms with Crippen molar-refractivity contribution >= 4 is 17.7 Å². The average Bonchev–Trinajstić information content (AvgIpc) is 2.56. The molecule has 0 radical (unpaired) electrons. The van der Waals surface area contributed by atoms with Crippen LogP contribution in [0.15, 0.2) is 48.5 Å². The second-order valence-electron chi connectivity index (χ2n) is 5.47. The first-order valence-corrected chi connectivity index (χ1v) is 7.39. The molecule has 0 aliphatic carbocycles. The van der Waals surface area contributed by atoms with E-state index in [4.69, 9.17) is 0 Å². The van der Waals surface area contributed by atoms with E-state index >= 15 is 0 Å². The molecule has 108 valence electrons. The Labute approximate surface area is 125 Å². The van der Waals surface area contributed by atoms with Crippen molar-refractivity contribution in [3.8, 4) is 0 Å². The summed E-state index contributed by atoms with van der Waals surface area (Å²) in [6, 6.07) is 16.5. The molecule has 0 N–H and O–H groups in total. The van der Waals surface area contributed by atoms with Crippen LogP contribution in [0.25, 0.3) is 0 Å². The Hall–Kier alpha value is -2.29. The lowest BCUT2D eigenvalue weighted by molar-refractivity contribution is 0.112. The molecule has 2 aromatic carbocycles. The third-order valence-corrected chi connectivity index (χ3v) is 4.10. The largest absolute Gasteiger partial charge is 0.368 e. The van der Waals surface area contributed by atoms with Gasteiger partial charge in [0.2, 0.25) is 0 Å². The highest BCUT2D eigenvalue weighted by molar-refractivity contribution is 5.77. The highest BCUT2D eigenvalue weighted by Crippen LogP contribution is 2.24. The molecule has 1 saturated heterocycles. The Kier molecular flexibility index (Phi) is 3.91. The molecule has 0 amide bonds. The van der Waals surface area contributed by atoms with Crippen molar-refractivity contribution < 1.29 is 4.79 Å². The minimum atomic E-state index is 0.749. The van der Waals surface area contributed by atoms with E-state index in [1.54, 1.807) is 0 Å². The van der Waals surface area contributed by atoms with Crippen molar-refractivity contribution in [2.24, 2.45) is 0 Å². The van der Waals surface area contributed by atoms with Crippen LogP contribution in [0.1, 0.15) is 15.9 Å². The monoisotopic (exact) mass is 280 g/mol. The number of hydrogen-bond acceptors (Lipinski definition) is 3. The zero-order valence-corrected chi connectivity index (χ0v) is 12.3. The number of rotatable bonds is 3. The predicted molar refractivity (Wildman–Crippen MR) is 87.4 cm³/mol. The molecule has 1 aliphatic heterocycles. The molecular formula is C18H20N2O. The van der Waals surface area contributed by atoms with Gasteiger partial charge in [0.25, 0.3) is 0 Å². The van der Waals surface area contributed by atoms with E-state index in [0.29, 0.717) is 0 Å². The van der Waals surface area contributed by atoms with Crippen LogP contribution < -0.4 is 9.80 Å². The minimum Gasteiger partial charge on any atom is -0.368 e. The summed E-state index contributed by atoms with van der Waals surface area (Å²) in [6.07, 6.45) is 0.907. The molecule has 1 heterocycles. The number of nitrogens with zero attached hydrogens (tertiary/aromatic N) is 2. The third kappa shape index (κ3) is 2.92. The first kappa shape index (κ1) is 13.7. The number of carbonyl (C=O) groups is 1. The van der Waals surface area contributed by atoms with Gasteiger partial charge in [0.05, 0.1) is 0 Å². The van der Waals surface area contributed by atoms with E-state index in [2.05, 4.69) is 53.1 Å². The van der Waals surface area contributed by atoms with Gasteiger partial charge in [0.1, 0.15) is 6.29 Å². The maximum absolute atomic E-state index is 10.8. The summed E-state index contributed by atoms with van der Waals surface area (Å²) in [5.74, 6) is 0. The molecule has 21 heavy (non-hydrogen) atoms. The lowest BCUT2D eigenvalue weighted by Crippen LogP contribution is -2.46. The van der Waals surface area contributed by atoms with Gasteiger partial charge >= 0.3 is 0 Å². The number of aldehydes is 1. The summed E-state index contributed by atoms with van der Waals surface area (Å²) in [7, 11) is 0. The SMILES string of the molecule is Cc1cc(C=O)ccc1N1CCN(c2ccccc2)CC1. The van der Waals surface area contributed by atoms with Crippen molar-refractivity contribution in [2.45, 2.75) is 6.92 Å². The first-order chi connectivity index (χ1) is 10.3. The fourth-order valence-electron chi connectivity index (χ4n) is 2.95. The molecule has 0 unspecified atom stereocenters. The molecule has 1 fully saturated rings. The topological polar surface area (TPSA) is 23.6 Å². The lowest BCUT2D eigenvalue weighted by atomic mass is 10.1. The van der Waals surface area contributed by atoms with Gasteiger partial charge in [-0.25, -0.2) is 0 Å². The van der Waals surface area contributed by atoms with Gasteiger partial charge in [0.15, 0.2) is 0 Å². The van der Waals surface area contributed by atoms with Crippen LogP contribution in [0.2, 0.25) is 0 Å². The Balaban J connectivity index is 1.70. The molecule has 0 atom stereocenters. The highest BCUT2D eigenvalue weighted by Gasteiger charge is 2.18. The summed E-state index contributed by atoms with van der Waals surface area (Å²) < 4.78 is 0. The van der Waals surface area contributed by atoms with E-state index in [9.17, 15) is 4.79 Å². The second kappa shape index (κ2) is 6.00. The van der Waals surface area contributed by atoms with E-state index in [1.165, 1.54) is 16.9 Å². The molecule has 1 aliphatic rings. The number of para-hydroxylation sites is 1. The van der Waals surface area contributed by atoms with Gasteiger partial charge in [-0.3, -0.25) is 4.79 Å². The Morgan fingerprint density at radius 2 is 1.57 bits per heavy atom. The van der Waals surface area contributed by atoms with Crippen molar-refractivity contribution in [1.29, 1.82) is 0 Å². The van der Waals surface area contributed by atoms with Crippen molar-refractivity contribution in [3.63, 3.8) is 0 Å². The van der Waals surface area contributed by atoms with Crippen molar-refractivity contribution in [3.05, 3.63) is 59.7 Å². The van der Waals surface area contributed by atoms with Gasteiger partial charge in [0, 0.05) is 43.1 Å². The molecule has 0 saturated carbocycles. The fraction of sp³-hybridized carbons (Fsp3) is 0.278. The average molecular weight is 280 g/mol. The quantitative estimate of drug-likeness (QED) is 0.807. The molecular weight excluding hydrogens is 260 g/mol. The van der Waals surface area contributed by atoms with Crippen LogP contribution in [-0.4, -0.2) is 32.5 Å². The molecule has 0 bridgehead atoms. The number of benzene rings is 2. The van der Waals surface area contributed by atoms with E-state index in [1.807, 2.05) is 12.1 Å². The van der Waals surface area contributed by atoms with Gasteiger partial charge in [-0.05, 0) is 42.8 Å². The smallest absolute Gasteiger partial charge is 0.150 e. The van der Waals surface area contributed by atoms with E-state index in [0.717, 1.165) is 38.0 Å². The van der Waals surface area contributed by atoms with Crippen LogP contribution in [0.3, 0.4) is 0 Å². The zero-order valence-electron chi connectivity index (χ0n) is 12.3. The number of carbonyl (C=O) groups excluding carboxylic acids is 1. The highest BCUT2D eigenvalue weighted by atomic mass is 16.1. The first-order valence-electron chi connectivity index (χ1n) is 7.39. The Bertz CT molecular complexity index is 616. The van der Waals surface area contributed by atoms with Crippen LogP contribution in [0, 0.1) is 6.92 Å². The summed E-state index contributed by atoms with van der Waals surface area (Å²) >= 11 is 0. The zero-order chi connectivity index (χ0) is 14.7. The maximum atomic E-state index is 10.8. The molecule has 3 rings (SSSR count). The minimum absolute atomic E-state index is 0.749. The molecule has 0 spiro atoms. The van der Waals surface area contributed by atoms with Gasteiger partial charge < -0.3 is 9.80 Å². The van der Waals surface area contributed by atoms with E-state index < -0.39 is 0 Å². The van der Waals surface area contributed by atoms with Gasteiger partial charge in [-0.15, -0.1) is 0 Å². The molecule has 3 nitrogen and oxygen atoms in total. The standard InChI is InChI=1S/C18H20N2O/c1-15-13-16(14-21)7-8-18(15)20-11-9-19(10-12-20)17-5-3-2-4-6-17/h2-8,13-14H,9-12H2,1H3. The summed E-state index contributed by atoms with van der Waals surface area (Å²) in [6.45, 7) is 6.15. The lowest BCUT2D eigenvalue weighted by Gasteiger charge is -2.38. The summed E-state index contributed by atoms with van der Waals surface area (Å²) in [5, 5.41) is 0. The normalized spacial score (nSPS) is 15.1. The summed E-state index contributed by atoms with van der Waals surface area (Å²) in [4.78, 5) is 15.7. The molecule has 0 aromatic heterocycles. The van der Waals surface area contributed by atoms with Gasteiger partial charge in [-0.1, -0.05) is 18.2 Å². The molecule has 3 heteroatoms. The number of piperazine rings is 1. The van der Waals surface area contributed by atoms with Crippen LogP contribution >= 0.6 is 0 Å². The van der Waals surface area contributed by atoms with Crippen LogP contribution in [0.5, 0.6) is 0 Å². The Morgan fingerprint density at radius 3 is 2.19 bits per heavy atom. The maximum Gasteiger partial charge on any atom is 0.150 e. The number of hydrogen-bond donors (Lipinski definition) is 0. The van der Waals surface area contributed by atoms with Crippen molar-refractivity contribution in [1.82, 2.24) is 0 Å². The number of anilines is 2. The van der Waals surface area contributed by atoms with Crippen molar-refractivity contribution in [2.75, 3.05) is 36.0 Å². The summed E-state index contributed by atoms with van der Waals surface area (Å²) in [5.41, 5.74) is 4.46. The fourth-order valence-corrected chi connectivity index (χ4v) is 2.95. The van der Waals surface area contributed by atoms with Crippen LogP contribution in [0.4, 0.5) is 11.4 Å². The molecule has 2 aromatic rings. The Morgan fingerprint density at radius 1 is 0.905 bits per heavy atom. The third-order valence-electron chi connectivity index (χ3n) is 4.10. The number of aryl methyl sites for hydroxylation is 1. The van der Waals surface area contributed by atoms with Crippen LogP contribution in [-0.2, 0) is 0 Å². The van der Waals surface area contributed by atoms with Gasteiger partial charge in [-0.2, -0.15) is 0 Å². The second-order valence-corrected chi connectivity index (χ2v) is 5.47. The van der Waals surface area contributed by atoms with E-state index in [-0.39, 0.29) is 0 Å². The predicted octanol–water partition coefficient (Wildman–Crippen LogP) is 3.13.